The van der Waals surface area contributed by atoms with Gasteiger partial charge in [0.2, 0.25) is 5.91 Å². The first kappa shape index (κ1) is 19.4. The van der Waals surface area contributed by atoms with Crippen LogP contribution in [0.25, 0.3) is 0 Å². The largest absolute Gasteiger partial charge is 0.492 e. The normalized spacial score (nSPS) is 15.0. The zero-order chi connectivity index (χ0) is 20.1. The van der Waals surface area contributed by atoms with E-state index in [-0.39, 0.29) is 25.0 Å². The van der Waals surface area contributed by atoms with Gasteiger partial charge in [0.1, 0.15) is 18.9 Å². The molecule has 0 aromatic heterocycles. The predicted molar refractivity (Wildman–Crippen MR) is 103 cm³/mol. The number of methoxy groups -OCH3 is 1. The van der Waals surface area contributed by atoms with Crippen LogP contribution in [0.1, 0.15) is 21.5 Å². The van der Waals surface area contributed by atoms with Crippen LogP contribution in [0, 0.1) is 12.8 Å². The first-order chi connectivity index (χ1) is 13.5. The number of benzene rings is 2. The van der Waals surface area contributed by atoms with E-state index in [0.29, 0.717) is 23.4 Å². The second-order valence-electron chi connectivity index (χ2n) is 6.65. The average molecular weight is 382 g/mol. The third kappa shape index (κ3) is 4.68. The zero-order valence-electron chi connectivity index (χ0n) is 15.8. The van der Waals surface area contributed by atoms with Crippen molar-refractivity contribution in [1.82, 2.24) is 5.32 Å². The molecule has 0 radical (unpaired) electrons. The van der Waals surface area contributed by atoms with Crippen LogP contribution in [0.15, 0.2) is 42.5 Å². The number of rotatable bonds is 5. The minimum Gasteiger partial charge on any atom is -0.492 e. The Balaban J connectivity index is 1.65. The molecule has 3 rings (SSSR count). The van der Waals surface area contributed by atoms with E-state index in [2.05, 4.69) is 15.4 Å². The predicted octanol–water partition coefficient (Wildman–Crippen LogP) is 2.09. The van der Waals surface area contributed by atoms with Crippen LogP contribution in [0.2, 0.25) is 0 Å². The van der Waals surface area contributed by atoms with Gasteiger partial charge in [0.25, 0.3) is 5.91 Å². The molecule has 1 unspecified atom stereocenters. The summed E-state index contributed by atoms with van der Waals surface area (Å²) in [6.45, 7) is 2.02. The number of ether oxygens (including phenoxy) is 2. The molecule has 28 heavy (non-hydrogen) atoms. The van der Waals surface area contributed by atoms with E-state index in [1.54, 1.807) is 30.3 Å². The van der Waals surface area contributed by atoms with Gasteiger partial charge < -0.3 is 20.1 Å². The number of carbonyl (C=O) groups is 3. The standard InChI is InChI=1S/C21H22N2O5/c1-13-3-5-14(6-4-13)21(26)23-17-7-8-18-15(10-17)9-16(12-28-18)20(25)22-11-19(24)27-2/h3-8,10,16H,9,11-12H2,1-2H3,(H,22,25)(H,23,26). The fourth-order valence-electron chi connectivity index (χ4n) is 2.92. The summed E-state index contributed by atoms with van der Waals surface area (Å²) in [6, 6.07) is 12.7. The van der Waals surface area contributed by atoms with Crippen molar-refractivity contribution >= 4 is 23.5 Å². The molecule has 0 saturated heterocycles. The molecule has 7 nitrogen and oxygen atoms in total. The molecular weight excluding hydrogens is 360 g/mol. The Morgan fingerprint density at radius 3 is 2.61 bits per heavy atom. The van der Waals surface area contributed by atoms with Gasteiger partial charge in [-0.1, -0.05) is 17.7 Å². The molecule has 2 aromatic carbocycles. The third-order valence-electron chi connectivity index (χ3n) is 4.54. The maximum atomic E-state index is 12.4. The Morgan fingerprint density at radius 2 is 1.89 bits per heavy atom. The van der Waals surface area contributed by atoms with Crippen LogP contribution in [0.3, 0.4) is 0 Å². The number of carbonyl (C=O) groups excluding carboxylic acids is 3. The van der Waals surface area contributed by atoms with Gasteiger partial charge in [0, 0.05) is 11.3 Å². The second-order valence-corrected chi connectivity index (χ2v) is 6.65. The first-order valence-electron chi connectivity index (χ1n) is 8.94. The Bertz CT molecular complexity index is 892. The van der Waals surface area contributed by atoms with E-state index in [9.17, 15) is 14.4 Å². The van der Waals surface area contributed by atoms with Crippen molar-refractivity contribution in [3.63, 3.8) is 0 Å². The van der Waals surface area contributed by atoms with Crippen molar-refractivity contribution in [2.45, 2.75) is 13.3 Å². The van der Waals surface area contributed by atoms with Crippen LogP contribution < -0.4 is 15.4 Å². The number of esters is 1. The number of hydrogen-bond donors (Lipinski definition) is 2. The van der Waals surface area contributed by atoms with Gasteiger partial charge in [-0.3, -0.25) is 14.4 Å². The lowest BCUT2D eigenvalue weighted by Gasteiger charge is -2.25. The Hall–Kier alpha value is -3.35. The lowest BCUT2D eigenvalue weighted by molar-refractivity contribution is -0.141. The van der Waals surface area contributed by atoms with E-state index >= 15 is 0 Å². The molecule has 7 heteroatoms. The smallest absolute Gasteiger partial charge is 0.325 e. The van der Waals surface area contributed by atoms with E-state index in [0.717, 1.165) is 11.1 Å². The van der Waals surface area contributed by atoms with Crippen molar-refractivity contribution in [2.75, 3.05) is 25.6 Å². The molecule has 1 aliphatic heterocycles. The maximum Gasteiger partial charge on any atom is 0.325 e. The topological polar surface area (TPSA) is 93.7 Å². The fraction of sp³-hybridized carbons (Fsp3) is 0.286. The SMILES string of the molecule is COC(=O)CNC(=O)C1COc2ccc(NC(=O)c3ccc(C)cc3)cc2C1. The Kier molecular flexibility index (Phi) is 5.93. The van der Waals surface area contributed by atoms with Gasteiger partial charge in [-0.2, -0.15) is 0 Å². The van der Waals surface area contributed by atoms with Crippen LogP contribution >= 0.6 is 0 Å². The molecule has 0 saturated carbocycles. The van der Waals surface area contributed by atoms with E-state index in [1.165, 1.54) is 7.11 Å². The van der Waals surface area contributed by atoms with Gasteiger partial charge in [0.15, 0.2) is 0 Å². The van der Waals surface area contributed by atoms with Gasteiger partial charge in [-0.05, 0) is 49.2 Å². The summed E-state index contributed by atoms with van der Waals surface area (Å²) in [7, 11) is 1.26. The molecule has 2 N–H and O–H groups in total. The van der Waals surface area contributed by atoms with E-state index in [4.69, 9.17) is 4.74 Å². The highest BCUT2D eigenvalue weighted by Gasteiger charge is 2.26. The molecule has 0 bridgehead atoms. The summed E-state index contributed by atoms with van der Waals surface area (Å²) >= 11 is 0. The van der Waals surface area contributed by atoms with Crippen LogP contribution in [0.4, 0.5) is 5.69 Å². The van der Waals surface area contributed by atoms with Crippen molar-refractivity contribution in [3.8, 4) is 5.75 Å². The van der Waals surface area contributed by atoms with Crippen molar-refractivity contribution in [2.24, 2.45) is 5.92 Å². The van der Waals surface area contributed by atoms with Crippen LogP contribution in [-0.4, -0.2) is 38.0 Å². The van der Waals surface area contributed by atoms with Crippen molar-refractivity contribution in [1.29, 1.82) is 0 Å². The maximum absolute atomic E-state index is 12.4. The van der Waals surface area contributed by atoms with Crippen molar-refractivity contribution in [3.05, 3.63) is 59.2 Å². The summed E-state index contributed by atoms with van der Waals surface area (Å²) in [5.41, 5.74) is 3.10. The molecule has 1 heterocycles. The van der Waals surface area contributed by atoms with Crippen molar-refractivity contribution < 1.29 is 23.9 Å². The lowest BCUT2D eigenvalue weighted by Crippen LogP contribution is -2.39. The quantitative estimate of drug-likeness (QED) is 0.773. The monoisotopic (exact) mass is 382 g/mol. The molecule has 0 aliphatic carbocycles. The fourth-order valence-corrected chi connectivity index (χ4v) is 2.92. The number of anilines is 1. The summed E-state index contributed by atoms with van der Waals surface area (Å²) in [5.74, 6) is -0.716. The highest BCUT2D eigenvalue weighted by Crippen LogP contribution is 2.30. The number of fused-ring (bicyclic) bond motifs is 1. The average Bonchev–Trinajstić information content (AvgIpc) is 2.71. The number of aryl methyl sites for hydroxylation is 1. The van der Waals surface area contributed by atoms with Gasteiger partial charge in [0.05, 0.1) is 13.0 Å². The summed E-state index contributed by atoms with van der Waals surface area (Å²) < 4.78 is 10.2. The highest BCUT2D eigenvalue weighted by molar-refractivity contribution is 6.04. The summed E-state index contributed by atoms with van der Waals surface area (Å²) in [6.07, 6.45) is 0.455. The molecule has 1 atom stereocenters. The molecule has 0 fully saturated rings. The highest BCUT2D eigenvalue weighted by atomic mass is 16.5. The zero-order valence-corrected chi connectivity index (χ0v) is 15.8. The Labute approximate surface area is 163 Å². The van der Waals surface area contributed by atoms with E-state index < -0.39 is 11.9 Å². The molecule has 1 aliphatic rings. The molecular formula is C21H22N2O5. The third-order valence-corrected chi connectivity index (χ3v) is 4.54. The second kappa shape index (κ2) is 8.56. The van der Waals surface area contributed by atoms with E-state index in [1.807, 2.05) is 19.1 Å². The minimum atomic E-state index is -0.508. The summed E-state index contributed by atoms with van der Waals surface area (Å²) in [5, 5.41) is 5.41. The molecule has 2 amide bonds. The first-order valence-corrected chi connectivity index (χ1v) is 8.94. The van der Waals surface area contributed by atoms with Gasteiger partial charge >= 0.3 is 5.97 Å². The lowest BCUT2D eigenvalue weighted by atomic mass is 9.95. The van der Waals surface area contributed by atoms with Gasteiger partial charge in [-0.15, -0.1) is 0 Å². The number of amides is 2. The van der Waals surface area contributed by atoms with Crippen LogP contribution in [0.5, 0.6) is 5.75 Å². The summed E-state index contributed by atoms with van der Waals surface area (Å²) in [4.78, 5) is 35.8. The molecule has 146 valence electrons. The van der Waals surface area contributed by atoms with Crippen LogP contribution in [-0.2, 0) is 20.7 Å². The number of hydrogen-bond acceptors (Lipinski definition) is 5. The van der Waals surface area contributed by atoms with Gasteiger partial charge in [-0.25, -0.2) is 0 Å². The minimum absolute atomic E-state index is 0.175. The molecule has 0 spiro atoms. The Morgan fingerprint density at radius 1 is 1.14 bits per heavy atom. The molecule has 2 aromatic rings. The number of nitrogens with one attached hydrogen (secondary N) is 2.